The minimum Gasteiger partial charge on any atom is -0.496 e. The fourth-order valence-electron chi connectivity index (χ4n) is 2.60. The predicted octanol–water partition coefficient (Wildman–Crippen LogP) is 2.69. The molecule has 0 saturated heterocycles. The number of nitrogens with zero attached hydrogens (tertiary/aromatic N) is 1. The van der Waals surface area contributed by atoms with Crippen LogP contribution in [-0.4, -0.2) is 44.5 Å². The van der Waals surface area contributed by atoms with Gasteiger partial charge in [0, 0.05) is 30.9 Å². The highest BCUT2D eigenvalue weighted by Crippen LogP contribution is 2.24. The van der Waals surface area contributed by atoms with Gasteiger partial charge >= 0.3 is 0 Å². The van der Waals surface area contributed by atoms with E-state index < -0.39 is 0 Å². The third-order valence-electron chi connectivity index (χ3n) is 3.95. The molecule has 0 aliphatic rings. The molecule has 1 unspecified atom stereocenters. The summed E-state index contributed by atoms with van der Waals surface area (Å²) in [5.41, 5.74) is 2.21. The molecule has 1 atom stereocenters. The molecule has 2 N–H and O–H groups in total. The van der Waals surface area contributed by atoms with Crippen LogP contribution in [0.2, 0.25) is 0 Å². The number of carbonyl (C=O) groups excluding carboxylic acids is 2. The Morgan fingerprint density at radius 1 is 1.12 bits per heavy atom. The zero-order chi connectivity index (χ0) is 19.1. The van der Waals surface area contributed by atoms with Gasteiger partial charge in [-0.3, -0.25) is 9.59 Å². The van der Waals surface area contributed by atoms with Crippen molar-refractivity contribution in [2.75, 3.05) is 33.1 Å². The Kier molecular flexibility index (Phi) is 6.60. The number of methoxy groups -OCH3 is 1. The molecule has 6 nitrogen and oxygen atoms in total. The van der Waals surface area contributed by atoms with E-state index in [4.69, 9.17) is 4.74 Å². The summed E-state index contributed by atoms with van der Waals surface area (Å²) >= 11 is 0. The summed E-state index contributed by atoms with van der Waals surface area (Å²) in [5, 5.41) is 5.99. The lowest BCUT2D eigenvalue weighted by molar-refractivity contribution is -0.120. The van der Waals surface area contributed by atoms with E-state index in [0.29, 0.717) is 5.56 Å². The van der Waals surface area contributed by atoms with Crippen molar-refractivity contribution in [1.82, 2.24) is 10.2 Å². The van der Waals surface area contributed by atoms with Crippen LogP contribution in [0.15, 0.2) is 48.5 Å². The van der Waals surface area contributed by atoms with Crippen LogP contribution in [0.25, 0.3) is 0 Å². The van der Waals surface area contributed by atoms with E-state index in [1.54, 1.807) is 39.4 Å². The van der Waals surface area contributed by atoms with Crippen molar-refractivity contribution in [1.29, 1.82) is 0 Å². The SMILES string of the molecule is COc1ccccc1C(C)NC(=O)CNc1cccc(C(=O)N(C)C)c1. The fraction of sp³-hybridized carbons (Fsp3) is 0.300. The van der Waals surface area contributed by atoms with Gasteiger partial charge in [0.15, 0.2) is 0 Å². The summed E-state index contributed by atoms with van der Waals surface area (Å²) in [6.07, 6.45) is 0. The predicted molar refractivity (Wildman–Crippen MR) is 103 cm³/mol. The summed E-state index contributed by atoms with van der Waals surface area (Å²) < 4.78 is 5.33. The molecule has 2 aromatic carbocycles. The summed E-state index contributed by atoms with van der Waals surface area (Å²) in [6.45, 7) is 2.02. The zero-order valence-electron chi connectivity index (χ0n) is 15.6. The van der Waals surface area contributed by atoms with Gasteiger partial charge in [0.2, 0.25) is 5.91 Å². The van der Waals surface area contributed by atoms with Gasteiger partial charge in [-0.25, -0.2) is 0 Å². The lowest BCUT2D eigenvalue weighted by Crippen LogP contribution is -2.32. The standard InChI is InChI=1S/C20H25N3O3/c1-14(17-10-5-6-11-18(17)26-4)22-19(24)13-21-16-9-7-8-15(12-16)20(25)23(2)3/h5-12,14,21H,13H2,1-4H3,(H,22,24). The molecule has 2 amide bonds. The molecular weight excluding hydrogens is 330 g/mol. The van der Waals surface area contributed by atoms with Gasteiger partial charge in [-0.1, -0.05) is 24.3 Å². The van der Waals surface area contributed by atoms with Gasteiger partial charge in [-0.2, -0.15) is 0 Å². The molecule has 2 rings (SSSR count). The van der Waals surface area contributed by atoms with E-state index in [1.165, 1.54) is 4.90 Å². The maximum atomic E-state index is 12.2. The Bertz CT molecular complexity index is 774. The monoisotopic (exact) mass is 355 g/mol. The van der Waals surface area contributed by atoms with Crippen molar-refractivity contribution in [3.8, 4) is 5.75 Å². The minimum atomic E-state index is -0.179. The molecule has 0 spiro atoms. The molecule has 0 fully saturated rings. The Morgan fingerprint density at radius 3 is 2.54 bits per heavy atom. The number of nitrogens with one attached hydrogen (secondary N) is 2. The normalized spacial score (nSPS) is 11.4. The van der Waals surface area contributed by atoms with Gasteiger partial charge in [0.25, 0.3) is 5.91 Å². The number of ether oxygens (including phenoxy) is 1. The summed E-state index contributed by atoms with van der Waals surface area (Å²) in [6, 6.07) is 14.5. The molecule has 2 aromatic rings. The molecule has 138 valence electrons. The van der Waals surface area contributed by atoms with Crippen LogP contribution < -0.4 is 15.4 Å². The average molecular weight is 355 g/mol. The maximum Gasteiger partial charge on any atom is 0.253 e. The molecular formula is C20H25N3O3. The maximum absolute atomic E-state index is 12.2. The second kappa shape index (κ2) is 8.89. The molecule has 0 aliphatic carbocycles. The van der Waals surface area contributed by atoms with E-state index in [1.807, 2.05) is 37.3 Å². The first-order valence-corrected chi connectivity index (χ1v) is 8.40. The van der Waals surface area contributed by atoms with E-state index in [0.717, 1.165) is 17.0 Å². The number of hydrogen-bond donors (Lipinski definition) is 2. The largest absolute Gasteiger partial charge is 0.496 e. The fourth-order valence-corrected chi connectivity index (χ4v) is 2.60. The van der Waals surface area contributed by atoms with Crippen LogP contribution in [-0.2, 0) is 4.79 Å². The Balaban J connectivity index is 1.95. The Labute approximate surface area is 154 Å². The number of hydrogen-bond acceptors (Lipinski definition) is 4. The van der Waals surface area contributed by atoms with Crippen molar-refractivity contribution in [3.05, 3.63) is 59.7 Å². The number of para-hydroxylation sites is 1. The number of carbonyl (C=O) groups is 2. The second-order valence-electron chi connectivity index (χ2n) is 6.17. The van der Waals surface area contributed by atoms with Gasteiger partial charge in [-0.05, 0) is 31.2 Å². The van der Waals surface area contributed by atoms with Crippen LogP contribution in [0.1, 0.15) is 28.9 Å². The lowest BCUT2D eigenvalue weighted by atomic mass is 10.1. The van der Waals surface area contributed by atoms with Crippen molar-refractivity contribution in [2.45, 2.75) is 13.0 Å². The molecule has 0 aromatic heterocycles. The van der Waals surface area contributed by atoms with Gasteiger partial charge in [0.05, 0.1) is 19.7 Å². The van der Waals surface area contributed by atoms with Gasteiger partial charge < -0.3 is 20.3 Å². The lowest BCUT2D eigenvalue weighted by Gasteiger charge is -2.18. The Morgan fingerprint density at radius 2 is 1.85 bits per heavy atom. The van der Waals surface area contributed by atoms with Crippen LogP contribution in [0.3, 0.4) is 0 Å². The summed E-state index contributed by atoms with van der Waals surface area (Å²) in [4.78, 5) is 25.8. The third kappa shape index (κ3) is 4.99. The first-order valence-electron chi connectivity index (χ1n) is 8.40. The van der Waals surface area contributed by atoms with E-state index in [2.05, 4.69) is 10.6 Å². The highest BCUT2D eigenvalue weighted by atomic mass is 16.5. The van der Waals surface area contributed by atoms with Crippen molar-refractivity contribution in [2.24, 2.45) is 0 Å². The molecule has 0 saturated carbocycles. The van der Waals surface area contributed by atoms with Crippen LogP contribution in [0, 0.1) is 0 Å². The topological polar surface area (TPSA) is 70.7 Å². The molecule has 0 aliphatic heterocycles. The van der Waals surface area contributed by atoms with Gasteiger partial charge in [-0.15, -0.1) is 0 Å². The van der Waals surface area contributed by atoms with Crippen molar-refractivity contribution < 1.29 is 14.3 Å². The van der Waals surface area contributed by atoms with Crippen LogP contribution >= 0.6 is 0 Å². The van der Waals surface area contributed by atoms with Gasteiger partial charge in [0.1, 0.15) is 5.75 Å². The molecule has 6 heteroatoms. The molecule has 26 heavy (non-hydrogen) atoms. The smallest absolute Gasteiger partial charge is 0.253 e. The number of benzene rings is 2. The molecule has 0 bridgehead atoms. The summed E-state index contributed by atoms with van der Waals surface area (Å²) in [5.74, 6) is 0.513. The second-order valence-corrected chi connectivity index (χ2v) is 6.17. The van der Waals surface area contributed by atoms with Crippen LogP contribution in [0.4, 0.5) is 5.69 Å². The van der Waals surface area contributed by atoms with E-state index >= 15 is 0 Å². The highest BCUT2D eigenvalue weighted by Gasteiger charge is 2.14. The molecule has 0 heterocycles. The van der Waals surface area contributed by atoms with E-state index in [9.17, 15) is 9.59 Å². The van der Waals surface area contributed by atoms with Crippen molar-refractivity contribution >= 4 is 17.5 Å². The Hall–Kier alpha value is -3.02. The first kappa shape index (κ1) is 19.3. The zero-order valence-corrected chi connectivity index (χ0v) is 15.6. The van der Waals surface area contributed by atoms with Crippen molar-refractivity contribution in [3.63, 3.8) is 0 Å². The average Bonchev–Trinajstić information content (AvgIpc) is 2.65. The number of amides is 2. The first-order chi connectivity index (χ1) is 12.4. The quantitative estimate of drug-likeness (QED) is 0.801. The van der Waals surface area contributed by atoms with Crippen LogP contribution in [0.5, 0.6) is 5.75 Å². The minimum absolute atomic E-state index is 0.0807. The molecule has 0 radical (unpaired) electrons. The highest BCUT2D eigenvalue weighted by molar-refractivity contribution is 5.95. The number of anilines is 1. The van der Waals surface area contributed by atoms with E-state index in [-0.39, 0.29) is 24.4 Å². The summed E-state index contributed by atoms with van der Waals surface area (Å²) in [7, 11) is 5.02. The third-order valence-corrected chi connectivity index (χ3v) is 3.95. The number of rotatable bonds is 7.